The van der Waals surface area contributed by atoms with E-state index in [9.17, 15) is 9.59 Å². The third-order valence-electron chi connectivity index (χ3n) is 5.04. The minimum Gasteiger partial charge on any atom is -0.462 e. The number of amides is 1. The molecule has 1 amide bonds. The molecule has 29 heavy (non-hydrogen) atoms. The molecule has 8 heteroatoms. The van der Waals surface area contributed by atoms with Gasteiger partial charge in [0.25, 0.3) is 0 Å². The number of hydrogen-bond donors (Lipinski definition) is 0. The van der Waals surface area contributed by atoms with E-state index in [-0.39, 0.29) is 12.1 Å². The molecule has 0 spiro atoms. The zero-order valence-electron chi connectivity index (χ0n) is 17.7. The molecule has 0 radical (unpaired) electrons. The van der Waals surface area contributed by atoms with Crippen LogP contribution in [0.5, 0.6) is 0 Å². The number of aromatic nitrogens is 3. The number of esters is 1. The molecule has 2 aromatic heterocycles. The molecule has 8 nitrogen and oxygen atoms in total. The Balaban J connectivity index is 1.56. The third-order valence-corrected chi connectivity index (χ3v) is 5.04. The lowest BCUT2D eigenvalue weighted by atomic mass is 9.92. The van der Waals surface area contributed by atoms with Crippen LogP contribution in [0.3, 0.4) is 0 Å². The zero-order chi connectivity index (χ0) is 21.0. The van der Waals surface area contributed by atoms with Gasteiger partial charge in [-0.05, 0) is 65.0 Å². The summed E-state index contributed by atoms with van der Waals surface area (Å²) in [5, 5.41) is 8.48. The van der Waals surface area contributed by atoms with Gasteiger partial charge >= 0.3 is 12.1 Å². The van der Waals surface area contributed by atoms with Crippen molar-refractivity contribution in [2.45, 2.75) is 59.0 Å². The lowest BCUT2D eigenvalue weighted by molar-refractivity contribution is 0.0181. The van der Waals surface area contributed by atoms with Gasteiger partial charge in [-0.2, -0.15) is 0 Å². The fourth-order valence-electron chi connectivity index (χ4n) is 3.57. The van der Waals surface area contributed by atoms with Crippen molar-refractivity contribution in [3.8, 4) is 0 Å². The van der Waals surface area contributed by atoms with Crippen molar-refractivity contribution in [2.75, 3.05) is 19.7 Å². The molecule has 2 aromatic rings. The molecule has 1 fully saturated rings. The quantitative estimate of drug-likeness (QED) is 0.712. The predicted octanol–water partition coefficient (Wildman–Crippen LogP) is 3.49. The van der Waals surface area contributed by atoms with Gasteiger partial charge in [-0.1, -0.05) is 0 Å². The maximum Gasteiger partial charge on any atom is 0.410 e. The van der Waals surface area contributed by atoms with E-state index in [1.807, 2.05) is 37.4 Å². The molecule has 0 unspecified atom stereocenters. The average molecular weight is 402 g/mol. The summed E-state index contributed by atoms with van der Waals surface area (Å²) in [5.41, 5.74) is 0.491. The molecule has 1 saturated heterocycles. The zero-order valence-corrected chi connectivity index (χ0v) is 17.7. The average Bonchev–Trinajstić information content (AvgIpc) is 3.09. The molecule has 3 rings (SSSR count). The van der Waals surface area contributed by atoms with Crippen LogP contribution in [0.4, 0.5) is 4.79 Å². The molecular weight excluding hydrogens is 372 g/mol. The number of hydrogen-bond acceptors (Lipinski definition) is 6. The summed E-state index contributed by atoms with van der Waals surface area (Å²) < 4.78 is 12.4. The highest BCUT2D eigenvalue weighted by Gasteiger charge is 2.27. The summed E-state index contributed by atoms with van der Waals surface area (Å²) in [6.07, 6.45) is 5.27. The Morgan fingerprint density at radius 3 is 2.59 bits per heavy atom. The van der Waals surface area contributed by atoms with E-state index in [1.165, 1.54) is 0 Å². The Kier molecular flexibility index (Phi) is 6.39. The van der Waals surface area contributed by atoms with Gasteiger partial charge in [0.05, 0.1) is 6.61 Å². The van der Waals surface area contributed by atoms with Crippen LogP contribution < -0.4 is 0 Å². The minimum absolute atomic E-state index is 0.231. The summed E-state index contributed by atoms with van der Waals surface area (Å²) in [6.45, 7) is 9.18. The first-order chi connectivity index (χ1) is 13.8. The van der Waals surface area contributed by atoms with E-state index in [1.54, 1.807) is 17.9 Å². The van der Waals surface area contributed by atoms with E-state index in [0.717, 1.165) is 31.5 Å². The van der Waals surface area contributed by atoms with Gasteiger partial charge in [0.15, 0.2) is 5.65 Å². The Morgan fingerprint density at radius 2 is 1.93 bits per heavy atom. The van der Waals surface area contributed by atoms with Crippen LogP contribution in [0.25, 0.3) is 5.65 Å². The highest BCUT2D eigenvalue weighted by atomic mass is 16.6. The second-order valence-corrected chi connectivity index (χ2v) is 8.40. The summed E-state index contributed by atoms with van der Waals surface area (Å²) in [4.78, 5) is 26.1. The number of fused-ring (bicyclic) bond motifs is 1. The predicted molar refractivity (Wildman–Crippen MR) is 108 cm³/mol. The van der Waals surface area contributed by atoms with Crippen molar-refractivity contribution in [2.24, 2.45) is 5.92 Å². The van der Waals surface area contributed by atoms with Gasteiger partial charge in [-0.15, -0.1) is 10.2 Å². The monoisotopic (exact) mass is 402 g/mol. The van der Waals surface area contributed by atoms with Crippen LogP contribution in [0.2, 0.25) is 0 Å². The summed E-state index contributed by atoms with van der Waals surface area (Å²) in [5.74, 6) is 0.974. The highest BCUT2D eigenvalue weighted by Crippen LogP contribution is 2.24. The maximum absolute atomic E-state index is 12.2. The first kappa shape index (κ1) is 21.1. The molecule has 3 heterocycles. The van der Waals surface area contributed by atoms with E-state index >= 15 is 0 Å². The van der Waals surface area contributed by atoms with Gasteiger partial charge < -0.3 is 14.4 Å². The minimum atomic E-state index is -0.467. The molecule has 0 aromatic carbocycles. The van der Waals surface area contributed by atoms with E-state index in [0.29, 0.717) is 36.8 Å². The Labute approximate surface area is 171 Å². The molecule has 1 aliphatic heterocycles. The van der Waals surface area contributed by atoms with Crippen LogP contribution in [0, 0.1) is 5.92 Å². The Hall–Kier alpha value is -2.64. The van der Waals surface area contributed by atoms with Crippen molar-refractivity contribution in [1.29, 1.82) is 0 Å². The summed E-state index contributed by atoms with van der Waals surface area (Å²) >= 11 is 0. The van der Waals surface area contributed by atoms with Crippen molar-refractivity contribution >= 4 is 17.7 Å². The number of likely N-dealkylation sites (tertiary alicyclic amines) is 1. The third kappa shape index (κ3) is 5.25. The number of piperidine rings is 1. The molecular formula is C21H30N4O4. The summed E-state index contributed by atoms with van der Waals surface area (Å²) in [7, 11) is 0. The summed E-state index contributed by atoms with van der Waals surface area (Å²) in [6, 6.07) is 3.52. The van der Waals surface area contributed by atoms with Gasteiger partial charge in [-0.3, -0.25) is 4.40 Å². The molecule has 1 aliphatic rings. The molecule has 0 atom stereocenters. The molecule has 158 valence electrons. The van der Waals surface area contributed by atoms with Gasteiger partial charge in [0.2, 0.25) is 0 Å². The van der Waals surface area contributed by atoms with E-state index < -0.39 is 5.60 Å². The fourth-order valence-corrected chi connectivity index (χ4v) is 3.57. The van der Waals surface area contributed by atoms with Crippen LogP contribution in [-0.4, -0.2) is 56.9 Å². The first-order valence-corrected chi connectivity index (χ1v) is 10.3. The number of rotatable bonds is 5. The van der Waals surface area contributed by atoms with Gasteiger partial charge in [-0.25, -0.2) is 9.59 Å². The number of nitrogens with zero attached hydrogens (tertiary/aromatic N) is 4. The van der Waals surface area contributed by atoms with Crippen LogP contribution in [-0.2, 0) is 15.9 Å². The lowest BCUT2D eigenvalue weighted by Crippen LogP contribution is -2.41. The smallest absolute Gasteiger partial charge is 0.410 e. The normalized spacial score (nSPS) is 15.5. The molecule has 0 N–H and O–H groups in total. The second-order valence-electron chi connectivity index (χ2n) is 8.40. The van der Waals surface area contributed by atoms with Crippen LogP contribution in [0.1, 0.15) is 63.1 Å². The standard InChI is InChI=1S/C21H30N4O4/c1-5-28-19(26)16-7-6-12-25-17(22-23-18(16)25)9-8-15-10-13-24(14-11-15)20(27)29-21(2,3)4/h6-7,12,15H,5,8-11,13-14H2,1-4H3. The van der Waals surface area contributed by atoms with Crippen molar-refractivity contribution in [3.63, 3.8) is 0 Å². The van der Waals surface area contributed by atoms with E-state index in [2.05, 4.69) is 10.2 Å². The number of aryl methyl sites for hydroxylation is 1. The number of carbonyl (C=O) groups is 2. The van der Waals surface area contributed by atoms with Gasteiger partial charge in [0, 0.05) is 25.7 Å². The van der Waals surface area contributed by atoms with E-state index in [4.69, 9.17) is 9.47 Å². The van der Waals surface area contributed by atoms with Crippen molar-refractivity contribution in [3.05, 3.63) is 29.7 Å². The Bertz CT molecular complexity index is 863. The topological polar surface area (TPSA) is 86.0 Å². The van der Waals surface area contributed by atoms with Crippen molar-refractivity contribution < 1.29 is 19.1 Å². The number of carbonyl (C=O) groups excluding carboxylic acids is 2. The lowest BCUT2D eigenvalue weighted by Gasteiger charge is -2.33. The first-order valence-electron chi connectivity index (χ1n) is 10.3. The van der Waals surface area contributed by atoms with Crippen molar-refractivity contribution in [1.82, 2.24) is 19.5 Å². The maximum atomic E-state index is 12.2. The fraction of sp³-hybridized carbons (Fsp3) is 0.619. The number of pyridine rings is 1. The van der Waals surface area contributed by atoms with Crippen LogP contribution >= 0.6 is 0 Å². The Morgan fingerprint density at radius 1 is 1.21 bits per heavy atom. The second kappa shape index (κ2) is 8.80. The van der Waals surface area contributed by atoms with Crippen LogP contribution in [0.15, 0.2) is 18.3 Å². The molecule has 0 aliphatic carbocycles. The molecule has 0 bridgehead atoms. The molecule has 0 saturated carbocycles. The number of ether oxygens (including phenoxy) is 2. The van der Waals surface area contributed by atoms with Gasteiger partial charge in [0.1, 0.15) is 17.0 Å². The highest BCUT2D eigenvalue weighted by molar-refractivity contribution is 5.95. The SMILES string of the molecule is CCOC(=O)c1cccn2c(CCC3CCN(C(=O)OC(C)(C)C)CC3)nnc12. The largest absolute Gasteiger partial charge is 0.462 e.